The van der Waals surface area contributed by atoms with Crippen molar-refractivity contribution in [3.8, 4) is 0 Å². The van der Waals surface area contributed by atoms with Gasteiger partial charge in [-0.05, 0) is 19.1 Å². The van der Waals surface area contributed by atoms with Gasteiger partial charge in [-0.15, -0.1) is 0 Å². The number of hydrogen-bond donors (Lipinski definition) is 2. The average molecular weight is 325 g/mol. The van der Waals surface area contributed by atoms with Crippen molar-refractivity contribution in [1.29, 1.82) is 0 Å². The van der Waals surface area contributed by atoms with Gasteiger partial charge in [-0.3, -0.25) is 15.2 Å². The Morgan fingerprint density at radius 1 is 1.58 bits per heavy atom. The Bertz CT molecular complexity index is 571. The summed E-state index contributed by atoms with van der Waals surface area (Å²) >= 11 is 3.33. The first-order valence-corrected chi connectivity index (χ1v) is 6.52. The standard InChI is InChI=1S/C12H13BrN4O2/c1-8(10-6-15-16-7-10)14-5-9-4-11(13)2-3-12(9)17(18)19/h2-4,6-8,14H,5H2,1H3,(H,15,16). The smallest absolute Gasteiger partial charge is 0.273 e. The Kier molecular flexibility index (Phi) is 4.28. The first-order chi connectivity index (χ1) is 9.08. The molecule has 1 heterocycles. The molecule has 6 nitrogen and oxygen atoms in total. The lowest BCUT2D eigenvalue weighted by atomic mass is 10.1. The maximum absolute atomic E-state index is 11.0. The molecule has 1 aromatic heterocycles. The quantitative estimate of drug-likeness (QED) is 0.654. The molecular weight excluding hydrogens is 312 g/mol. The maximum atomic E-state index is 11.0. The average Bonchev–Trinajstić information content (AvgIpc) is 2.89. The number of nitro groups is 1. The number of nitrogens with one attached hydrogen (secondary N) is 2. The van der Waals surface area contributed by atoms with Crippen molar-refractivity contribution >= 4 is 21.6 Å². The molecule has 2 aromatic rings. The van der Waals surface area contributed by atoms with Crippen molar-refractivity contribution in [2.24, 2.45) is 0 Å². The molecular formula is C12H13BrN4O2. The van der Waals surface area contributed by atoms with Gasteiger partial charge < -0.3 is 5.32 Å². The van der Waals surface area contributed by atoms with Crippen LogP contribution in [0.4, 0.5) is 5.69 Å². The molecule has 0 radical (unpaired) electrons. The molecule has 1 atom stereocenters. The van der Waals surface area contributed by atoms with Crippen molar-refractivity contribution < 1.29 is 4.92 Å². The highest BCUT2D eigenvalue weighted by atomic mass is 79.9. The van der Waals surface area contributed by atoms with Crippen LogP contribution in [0.15, 0.2) is 35.1 Å². The van der Waals surface area contributed by atoms with Crippen LogP contribution in [0.3, 0.4) is 0 Å². The molecule has 0 fully saturated rings. The number of nitro benzene ring substituents is 1. The number of aromatic amines is 1. The molecule has 1 aromatic carbocycles. The normalized spacial score (nSPS) is 12.3. The maximum Gasteiger partial charge on any atom is 0.273 e. The van der Waals surface area contributed by atoms with Gasteiger partial charge in [0.2, 0.25) is 0 Å². The summed E-state index contributed by atoms with van der Waals surface area (Å²) in [5, 5.41) is 20.8. The van der Waals surface area contributed by atoms with Gasteiger partial charge in [0.15, 0.2) is 0 Å². The van der Waals surface area contributed by atoms with Gasteiger partial charge in [0, 0.05) is 40.4 Å². The summed E-state index contributed by atoms with van der Waals surface area (Å²) in [7, 11) is 0. The SMILES string of the molecule is CC(NCc1cc(Br)ccc1[N+](=O)[O-])c1cn[nH]c1. The largest absolute Gasteiger partial charge is 0.306 e. The molecule has 0 saturated heterocycles. The fourth-order valence-corrected chi connectivity index (χ4v) is 2.16. The molecule has 2 rings (SSSR count). The second-order valence-electron chi connectivity index (χ2n) is 4.16. The van der Waals surface area contributed by atoms with Crippen LogP contribution in [0.1, 0.15) is 24.1 Å². The van der Waals surface area contributed by atoms with E-state index in [1.807, 2.05) is 6.92 Å². The van der Waals surface area contributed by atoms with Gasteiger partial charge in [0.1, 0.15) is 0 Å². The second-order valence-corrected chi connectivity index (χ2v) is 5.08. The first kappa shape index (κ1) is 13.7. The van der Waals surface area contributed by atoms with Crippen LogP contribution in [0, 0.1) is 10.1 Å². The lowest BCUT2D eigenvalue weighted by molar-refractivity contribution is -0.385. The minimum Gasteiger partial charge on any atom is -0.306 e. The first-order valence-electron chi connectivity index (χ1n) is 5.73. The van der Waals surface area contributed by atoms with Crippen LogP contribution < -0.4 is 5.32 Å². The molecule has 7 heteroatoms. The molecule has 1 unspecified atom stereocenters. The van der Waals surface area contributed by atoms with E-state index in [0.29, 0.717) is 12.1 Å². The molecule has 0 aliphatic heterocycles. The van der Waals surface area contributed by atoms with Crippen LogP contribution >= 0.6 is 15.9 Å². The number of rotatable bonds is 5. The zero-order chi connectivity index (χ0) is 13.8. The van der Waals surface area contributed by atoms with E-state index in [1.54, 1.807) is 24.5 Å². The number of nitrogens with zero attached hydrogens (tertiary/aromatic N) is 2. The Balaban J connectivity index is 2.10. The number of halogens is 1. The van der Waals surface area contributed by atoms with Crippen LogP contribution in [0.25, 0.3) is 0 Å². The number of aromatic nitrogens is 2. The number of hydrogen-bond acceptors (Lipinski definition) is 4. The third kappa shape index (κ3) is 3.39. The molecule has 19 heavy (non-hydrogen) atoms. The highest BCUT2D eigenvalue weighted by Gasteiger charge is 2.15. The van der Waals surface area contributed by atoms with Crippen LogP contribution in [0.2, 0.25) is 0 Å². The van der Waals surface area contributed by atoms with Gasteiger partial charge in [-0.2, -0.15) is 5.10 Å². The summed E-state index contributed by atoms with van der Waals surface area (Å²) in [5.41, 5.74) is 1.78. The molecule has 2 N–H and O–H groups in total. The van der Waals surface area contributed by atoms with Gasteiger partial charge in [0.25, 0.3) is 5.69 Å². The number of benzene rings is 1. The molecule has 0 spiro atoms. The van der Waals surface area contributed by atoms with Crippen LogP contribution in [-0.4, -0.2) is 15.1 Å². The molecule has 0 saturated carbocycles. The monoisotopic (exact) mass is 324 g/mol. The Morgan fingerprint density at radius 2 is 2.37 bits per heavy atom. The Morgan fingerprint density at radius 3 is 3.00 bits per heavy atom. The summed E-state index contributed by atoms with van der Waals surface area (Å²) < 4.78 is 0.825. The van der Waals surface area contributed by atoms with Crippen LogP contribution in [0.5, 0.6) is 0 Å². The summed E-state index contributed by atoms with van der Waals surface area (Å²) in [6.07, 6.45) is 3.53. The second kappa shape index (κ2) is 5.94. The van der Waals surface area contributed by atoms with Crippen molar-refractivity contribution in [3.63, 3.8) is 0 Å². The fraction of sp³-hybridized carbons (Fsp3) is 0.250. The van der Waals surface area contributed by atoms with E-state index in [-0.39, 0.29) is 16.7 Å². The van der Waals surface area contributed by atoms with Gasteiger partial charge in [-0.1, -0.05) is 15.9 Å². The lowest BCUT2D eigenvalue weighted by Crippen LogP contribution is -2.18. The lowest BCUT2D eigenvalue weighted by Gasteiger charge is -2.12. The van der Waals surface area contributed by atoms with E-state index in [2.05, 4.69) is 31.4 Å². The van der Waals surface area contributed by atoms with Gasteiger partial charge in [0.05, 0.1) is 11.1 Å². The Labute approximate surface area is 118 Å². The van der Waals surface area contributed by atoms with E-state index in [0.717, 1.165) is 10.0 Å². The topological polar surface area (TPSA) is 83.8 Å². The van der Waals surface area contributed by atoms with Crippen molar-refractivity contribution in [3.05, 3.63) is 56.3 Å². The molecule has 0 amide bonds. The fourth-order valence-electron chi connectivity index (χ4n) is 1.75. The van der Waals surface area contributed by atoms with E-state index < -0.39 is 0 Å². The van der Waals surface area contributed by atoms with Crippen molar-refractivity contribution in [1.82, 2.24) is 15.5 Å². The Hall–Kier alpha value is -1.73. The highest BCUT2D eigenvalue weighted by Crippen LogP contribution is 2.23. The molecule has 0 aliphatic carbocycles. The molecule has 0 bridgehead atoms. The highest BCUT2D eigenvalue weighted by molar-refractivity contribution is 9.10. The van der Waals surface area contributed by atoms with E-state index in [4.69, 9.17) is 0 Å². The minimum atomic E-state index is -0.369. The van der Waals surface area contributed by atoms with E-state index in [9.17, 15) is 10.1 Å². The zero-order valence-corrected chi connectivity index (χ0v) is 11.8. The zero-order valence-electron chi connectivity index (χ0n) is 10.3. The predicted molar refractivity (Wildman–Crippen MR) is 74.6 cm³/mol. The summed E-state index contributed by atoms with van der Waals surface area (Å²) in [6.45, 7) is 2.40. The third-order valence-corrected chi connectivity index (χ3v) is 3.35. The summed E-state index contributed by atoms with van der Waals surface area (Å²) in [4.78, 5) is 10.6. The molecule has 100 valence electrons. The molecule has 0 aliphatic rings. The van der Waals surface area contributed by atoms with Gasteiger partial charge in [-0.25, -0.2) is 0 Å². The van der Waals surface area contributed by atoms with Gasteiger partial charge >= 0.3 is 0 Å². The van der Waals surface area contributed by atoms with E-state index in [1.165, 1.54) is 6.07 Å². The number of H-pyrrole nitrogens is 1. The predicted octanol–water partition coefficient (Wildman–Crippen LogP) is 2.93. The van der Waals surface area contributed by atoms with Crippen molar-refractivity contribution in [2.45, 2.75) is 19.5 Å². The summed E-state index contributed by atoms with van der Waals surface area (Å²) in [6, 6.07) is 5.00. The van der Waals surface area contributed by atoms with Crippen molar-refractivity contribution in [2.75, 3.05) is 0 Å². The summed E-state index contributed by atoms with van der Waals surface area (Å²) in [5.74, 6) is 0. The van der Waals surface area contributed by atoms with E-state index >= 15 is 0 Å². The minimum absolute atomic E-state index is 0.0670. The third-order valence-electron chi connectivity index (χ3n) is 2.86. The van der Waals surface area contributed by atoms with Crippen LogP contribution in [-0.2, 0) is 6.54 Å².